The SMILES string of the molecule is CCC1(C)NC(=O)N(NC(=O)CN(C)Cc2ccc(Cl)s2)C1=O. The van der Waals surface area contributed by atoms with Crippen LogP contribution in [-0.2, 0) is 16.1 Å². The summed E-state index contributed by atoms with van der Waals surface area (Å²) in [5.41, 5.74) is 1.39. The minimum absolute atomic E-state index is 0.0510. The minimum Gasteiger partial charge on any atom is -0.322 e. The highest BCUT2D eigenvalue weighted by molar-refractivity contribution is 7.16. The summed E-state index contributed by atoms with van der Waals surface area (Å²) in [6, 6.07) is 3.08. The molecule has 1 aromatic rings. The maximum absolute atomic E-state index is 12.2. The van der Waals surface area contributed by atoms with Gasteiger partial charge in [0, 0.05) is 11.4 Å². The first-order valence-corrected chi connectivity index (χ1v) is 8.33. The number of carbonyl (C=O) groups is 3. The molecule has 2 rings (SSSR count). The molecule has 1 atom stereocenters. The Bertz CT molecular complexity index is 635. The lowest BCUT2D eigenvalue weighted by molar-refractivity contribution is -0.139. The van der Waals surface area contributed by atoms with Crippen LogP contribution < -0.4 is 10.7 Å². The maximum Gasteiger partial charge on any atom is 0.344 e. The summed E-state index contributed by atoms with van der Waals surface area (Å²) in [6.45, 7) is 4.03. The summed E-state index contributed by atoms with van der Waals surface area (Å²) < 4.78 is 0.691. The van der Waals surface area contributed by atoms with Crippen LogP contribution in [0.5, 0.6) is 0 Å². The van der Waals surface area contributed by atoms with Gasteiger partial charge in [-0.1, -0.05) is 18.5 Å². The van der Waals surface area contributed by atoms with E-state index in [1.807, 2.05) is 6.07 Å². The Morgan fingerprint density at radius 1 is 1.48 bits per heavy atom. The summed E-state index contributed by atoms with van der Waals surface area (Å²) in [5, 5.41) is 3.33. The second-order valence-corrected chi connectivity index (χ2v) is 7.47. The number of hydrazine groups is 1. The van der Waals surface area contributed by atoms with Gasteiger partial charge in [-0.2, -0.15) is 5.01 Å². The van der Waals surface area contributed by atoms with Crippen LogP contribution in [0, 0.1) is 0 Å². The molecule has 1 aromatic heterocycles. The van der Waals surface area contributed by atoms with Crippen molar-refractivity contribution in [3.05, 3.63) is 21.3 Å². The summed E-state index contributed by atoms with van der Waals surface area (Å²) in [4.78, 5) is 38.9. The Morgan fingerprint density at radius 3 is 2.70 bits per heavy atom. The van der Waals surface area contributed by atoms with Crippen molar-refractivity contribution in [3.63, 3.8) is 0 Å². The van der Waals surface area contributed by atoms with Crippen LogP contribution in [0.15, 0.2) is 12.1 Å². The fourth-order valence-corrected chi connectivity index (χ4v) is 3.36. The van der Waals surface area contributed by atoms with E-state index in [-0.39, 0.29) is 6.54 Å². The van der Waals surface area contributed by atoms with Gasteiger partial charge < -0.3 is 5.32 Å². The number of rotatable bonds is 6. The van der Waals surface area contributed by atoms with Crippen molar-refractivity contribution in [2.75, 3.05) is 13.6 Å². The van der Waals surface area contributed by atoms with Crippen molar-refractivity contribution in [2.45, 2.75) is 32.4 Å². The zero-order valence-corrected chi connectivity index (χ0v) is 14.8. The fraction of sp³-hybridized carbons (Fsp3) is 0.500. The van der Waals surface area contributed by atoms with Gasteiger partial charge in [-0.3, -0.25) is 19.9 Å². The smallest absolute Gasteiger partial charge is 0.322 e. The number of hydrogen-bond acceptors (Lipinski definition) is 5. The Balaban J connectivity index is 1.89. The van der Waals surface area contributed by atoms with E-state index in [2.05, 4.69) is 10.7 Å². The van der Waals surface area contributed by atoms with E-state index in [1.54, 1.807) is 31.9 Å². The standard InChI is InChI=1S/C14H19ClN4O3S/c1-4-14(2)12(21)19(13(22)16-14)17-11(20)8-18(3)7-9-5-6-10(15)23-9/h5-6H,4,7-8H2,1-3H3,(H,16,22)(H,17,20). The van der Waals surface area contributed by atoms with Crippen LogP contribution in [0.25, 0.3) is 0 Å². The molecule has 2 heterocycles. The van der Waals surface area contributed by atoms with Crippen molar-refractivity contribution in [3.8, 4) is 0 Å². The average molecular weight is 359 g/mol. The number of amides is 4. The largest absolute Gasteiger partial charge is 0.344 e. The molecule has 126 valence electrons. The van der Waals surface area contributed by atoms with Gasteiger partial charge in [-0.15, -0.1) is 11.3 Å². The predicted molar refractivity (Wildman–Crippen MR) is 87.9 cm³/mol. The van der Waals surface area contributed by atoms with E-state index in [1.165, 1.54) is 11.3 Å². The molecule has 0 spiro atoms. The lowest BCUT2D eigenvalue weighted by atomic mass is 10.00. The number of nitrogens with zero attached hydrogens (tertiary/aromatic N) is 2. The molecule has 7 nitrogen and oxygen atoms in total. The molecule has 1 unspecified atom stereocenters. The topological polar surface area (TPSA) is 81.8 Å². The minimum atomic E-state index is -0.968. The number of imide groups is 1. The van der Waals surface area contributed by atoms with Crippen LogP contribution in [0.3, 0.4) is 0 Å². The highest BCUT2D eigenvalue weighted by Crippen LogP contribution is 2.22. The van der Waals surface area contributed by atoms with Crippen molar-refractivity contribution in [1.82, 2.24) is 20.7 Å². The predicted octanol–water partition coefficient (Wildman–Crippen LogP) is 1.59. The Morgan fingerprint density at radius 2 is 2.17 bits per heavy atom. The van der Waals surface area contributed by atoms with Crippen molar-refractivity contribution >= 4 is 40.8 Å². The highest BCUT2D eigenvalue weighted by atomic mass is 35.5. The first-order valence-electron chi connectivity index (χ1n) is 7.14. The fourth-order valence-electron chi connectivity index (χ4n) is 2.19. The number of likely N-dealkylation sites (N-methyl/N-ethyl adjacent to an activating group) is 1. The molecule has 4 amide bonds. The quantitative estimate of drug-likeness (QED) is 0.756. The third-order valence-electron chi connectivity index (χ3n) is 3.67. The molecule has 2 N–H and O–H groups in total. The van der Waals surface area contributed by atoms with Gasteiger partial charge in [0.2, 0.25) is 0 Å². The zero-order valence-electron chi connectivity index (χ0n) is 13.2. The van der Waals surface area contributed by atoms with Crippen LogP contribution in [0.2, 0.25) is 4.34 Å². The van der Waals surface area contributed by atoms with E-state index in [4.69, 9.17) is 11.6 Å². The van der Waals surface area contributed by atoms with E-state index in [0.717, 1.165) is 9.89 Å². The second-order valence-electron chi connectivity index (χ2n) is 5.67. The number of carbonyl (C=O) groups excluding carboxylic acids is 3. The Labute approximate surface area is 143 Å². The molecule has 9 heteroatoms. The summed E-state index contributed by atoms with van der Waals surface area (Å²) in [7, 11) is 1.77. The summed E-state index contributed by atoms with van der Waals surface area (Å²) >= 11 is 7.31. The van der Waals surface area contributed by atoms with Crippen LogP contribution in [-0.4, -0.2) is 46.9 Å². The summed E-state index contributed by atoms with van der Waals surface area (Å²) in [5.74, 6) is -0.884. The monoisotopic (exact) mass is 358 g/mol. The lowest BCUT2D eigenvalue weighted by Gasteiger charge is -2.20. The normalized spacial score (nSPS) is 21.0. The van der Waals surface area contributed by atoms with Gasteiger partial charge in [0.15, 0.2) is 0 Å². The van der Waals surface area contributed by atoms with Crippen molar-refractivity contribution in [2.24, 2.45) is 0 Å². The molecule has 0 aromatic carbocycles. The maximum atomic E-state index is 12.2. The van der Waals surface area contributed by atoms with Crippen LogP contribution in [0.4, 0.5) is 4.79 Å². The number of thiophene rings is 1. The molecule has 23 heavy (non-hydrogen) atoms. The number of hydrogen-bond donors (Lipinski definition) is 2. The van der Waals surface area contributed by atoms with Crippen molar-refractivity contribution in [1.29, 1.82) is 0 Å². The molecule has 0 bridgehead atoms. The number of halogens is 1. The molecule has 0 saturated carbocycles. The molecule has 1 saturated heterocycles. The third kappa shape index (κ3) is 4.01. The highest BCUT2D eigenvalue weighted by Gasteiger charge is 2.47. The van der Waals surface area contributed by atoms with Gasteiger partial charge in [0.1, 0.15) is 5.54 Å². The zero-order chi connectivity index (χ0) is 17.2. The van der Waals surface area contributed by atoms with Crippen molar-refractivity contribution < 1.29 is 14.4 Å². The first kappa shape index (κ1) is 17.7. The molecule has 0 radical (unpaired) electrons. The van der Waals surface area contributed by atoms with E-state index >= 15 is 0 Å². The molecule has 1 fully saturated rings. The van der Waals surface area contributed by atoms with Gasteiger partial charge in [-0.05, 0) is 32.5 Å². The molecule has 1 aliphatic rings. The van der Waals surface area contributed by atoms with Crippen LogP contribution in [0.1, 0.15) is 25.1 Å². The summed E-state index contributed by atoms with van der Waals surface area (Å²) in [6.07, 6.45) is 0.447. The third-order valence-corrected chi connectivity index (χ3v) is 4.89. The Kier molecular flexibility index (Phi) is 5.28. The van der Waals surface area contributed by atoms with E-state index in [0.29, 0.717) is 17.3 Å². The van der Waals surface area contributed by atoms with Gasteiger partial charge in [0.05, 0.1) is 10.9 Å². The molecule has 1 aliphatic heterocycles. The second kappa shape index (κ2) is 6.86. The lowest BCUT2D eigenvalue weighted by Crippen LogP contribution is -2.50. The molecular formula is C14H19ClN4O3S. The van der Waals surface area contributed by atoms with E-state index in [9.17, 15) is 14.4 Å². The molecule has 0 aliphatic carbocycles. The number of urea groups is 1. The molecular weight excluding hydrogens is 340 g/mol. The first-order chi connectivity index (χ1) is 10.7. The van der Waals surface area contributed by atoms with Crippen LogP contribution >= 0.6 is 22.9 Å². The average Bonchev–Trinajstić information content (AvgIpc) is 2.96. The van der Waals surface area contributed by atoms with Gasteiger partial charge in [0.25, 0.3) is 11.8 Å². The Hall–Kier alpha value is -1.64. The number of nitrogens with one attached hydrogen (secondary N) is 2. The van der Waals surface area contributed by atoms with E-state index < -0.39 is 23.4 Å². The van der Waals surface area contributed by atoms with Gasteiger partial charge in [-0.25, -0.2) is 4.79 Å². The van der Waals surface area contributed by atoms with Gasteiger partial charge >= 0.3 is 6.03 Å².